The molecule has 4 rings (SSSR count). The molecule has 0 spiro atoms. The standard InChI is InChI=1S/C18H23N5O/c1-12-18(13(2)24-21-12)14-4-5-16-15(10-14)17(20-19-16)11-23-8-6-22(3)7-9-23/h4-5,10H,6-9,11H2,1-3H3,(H,19,20). The molecule has 0 atom stereocenters. The van der Waals surface area contributed by atoms with Crippen LogP contribution in [0.5, 0.6) is 0 Å². The van der Waals surface area contributed by atoms with Gasteiger partial charge in [0.05, 0.1) is 16.9 Å². The first-order valence-electron chi connectivity index (χ1n) is 8.43. The number of hydrogen-bond acceptors (Lipinski definition) is 5. The molecular weight excluding hydrogens is 302 g/mol. The molecule has 1 N–H and O–H groups in total. The van der Waals surface area contributed by atoms with Crippen LogP contribution in [0.1, 0.15) is 17.1 Å². The molecule has 1 aliphatic rings. The Morgan fingerprint density at radius 3 is 2.67 bits per heavy atom. The van der Waals surface area contributed by atoms with Crippen molar-refractivity contribution < 1.29 is 4.52 Å². The highest BCUT2D eigenvalue weighted by Crippen LogP contribution is 2.30. The first-order valence-corrected chi connectivity index (χ1v) is 8.43. The molecule has 1 aromatic carbocycles. The van der Waals surface area contributed by atoms with Crippen LogP contribution in [-0.4, -0.2) is 58.4 Å². The maximum absolute atomic E-state index is 5.32. The monoisotopic (exact) mass is 325 g/mol. The molecule has 0 bridgehead atoms. The van der Waals surface area contributed by atoms with Crippen molar-refractivity contribution in [3.05, 3.63) is 35.3 Å². The van der Waals surface area contributed by atoms with Gasteiger partial charge in [0.15, 0.2) is 0 Å². The van der Waals surface area contributed by atoms with E-state index >= 15 is 0 Å². The normalized spacial score (nSPS) is 17.0. The van der Waals surface area contributed by atoms with Crippen molar-refractivity contribution in [1.29, 1.82) is 0 Å². The molecule has 6 heteroatoms. The third-order valence-electron chi connectivity index (χ3n) is 4.93. The van der Waals surface area contributed by atoms with E-state index in [-0.39, 0.29) is 0 Å². The zero-order chi connectivity index (χ0) is 16.7. The summed E-state index contributed by atoms with van der Waals surface area (Å²) in [6.45, 7) is 9.25. The summed E-state index contributed by atoms with van der Waals surface area (Å²) in [4.78, 5) is 4.84. The lowest BCUT2D eigenvalue weighted by atomic mass is 10.0. The van der Waals surface area contributed by atoms with Crippen molar-refractivity contribution in [2.45, 2.75) is 20.4 Å². The fourth-order valence-electron chi connectivity index (χ4n) is 3.46. The van der Waals surface area contributed by atoms with Gasteiger partial charge in [-0.25, -0.2) is 0 Å². The predicted molar refractivity (Wildman–Crippen MR) is 93.8 cm³/mol. The van der Waals surface area contributed by atoms with Crippen LogP contribution in [0.2, 0.25) is 0 Å². The third-order valence-corrected chi connectivity index (χ3v) is 4.93. The zero-order valence-electron chi connectivity index (χ0n) is 14.5. The summed E-state index contributed by atoms with van der Waals surface area (Å²) in [5.74, 6) is 0.857. The molecule has 0 radical (unpaired) electrons. The average molecular weight is 325 g/mol. The number of benzene rings is 1. The number of aromatic nitrogens is 3. The third kappa shape index (κ3) is 2.72. The van der Waals surface area contributed by atoms with Crippen molar-refractivity contribution in [3.63, 3.8) is 0 Å². The van der Waals surface area contributed by atoms with Crippen LogP contribution in [0.4, 0.5) is 0 Å². The summed E-state index contributed by atoms with van der Waals surface area (Å²) in [7, 11) is 2.18. The fraction of sp³-hybridized carbons (Fsp3) is 0.444. The number of hydrogen-bond donors (Lipinski definition) is 1. The van der Waals surface area contributed by atoms with Crippen molar-refractivity contribution in [3.8, 4) is 11.1 Å². The fourth-order valence-corrected chi connectivity index (χ4v) is 3.46. The first kappa shape index (κ1) is 15.4. The molecule has 6 nitrogen and oxygen atoms in total. The molecule has 1 saturated heterocycles. The van der Waals surface area contributed by atoms with Gasteiger partial charge in [-0.3, -0.25) is 10.00 Å². The number of piperazine rings is 1. The Labute approximate surface area is 141 Å². The van der Waals surface area contributed by atoms with Crippen molar-refractivity contribution in [2.75, 3.05) is 33.2 Å². The second kappa shape index (κ2) is 6.03. The minimum Gasteiger partial charge on any atom is -0.361 e. The number of nitrogens with zero attached hydrogens (tertiary/aromatic N) is 4. The number of rotatable bonds is 3. The Kier molecular flexibility index (Phi) is 3.86. The molecule has 3 aromatic rings. The molecule has 24 heavy (non-hydrogen) atoms. The Bertz CT molecular complexity index is 838. The lowest BCUT2D eigenvalue weighted by Gasteiger charge is -2.31. The van der Waals surface area contributed by atoms with Gasteiger partial charge in [-0.2, -0.15) is 5.10 Å². The van der Waals surface area contributed by atoms with Crippen LogP contribution in [0.25, 0.3) is 22.0 Å². The quantitative estimate of drug-likeness (QED) is 0.802. The van der Waals surface area contributed by atoms with Gasteiger partial charge in [-0.15, -0.1) is 0 Å². The SMILES string of the molecule is Cc1noc(C)c1-c1ccc2[nH]nc(CN3CCN(C)CC3)c2c1. The molecule has 1 aliphatic heterocycles. The summed E-state index contributed by atoms with van der Waals surface area (Å²) in [5, 5.41) is 13.0. The van der Waals surface area contributed by atoms with E-state index in [1.165, 1.54) is 5.39 Å². The van der Waals surface area contributed by atoms with Crippen LogP contribution in [-0.2, 0) is 6.54 Å². The lowest BCUT2D eigenvalue weighted by molar-refractivity contribution is 0.147. The van der Waals surface area contributed by atoms with E-state index in [1.807, 2.05) is 13.8 Å². The Hall–Kier alpha value is -2.18. The van der Waals surface area contributed by atoms with Crippen LogP contribution in [0.3, 0.4) is 0 Å². The smallest absolute Gasteiger partial charge is 0.141 e. The molecule has 0 amide bonds. The zero-order valence-corrected chi connectivity index (χ0v) is 14.5. The molecule has 126 valence electrons. The summed E-state index contributed by atoms with van der Waals surface area (Å²) >= 11 is 0. The molecule has 0 saturated carbocycles. The molecular formula is C18H23N5O. The van der Waals surface area contributed by atoms with Gasteiger partial charge < -0.3 is 9.42 Å². The maximum Gasteiger partial charge on any atom is 0.141 e. The number of aromatic amines is 1. The predicted octanol–water partition coefficient (Wildman–Crippen LogP) is 2.58. The molecule has 1 fully saturated rings. The van der Waals surface area contributed by atoms with E-state index < -0.39 is 0 Å². The van der Waals surface area contributed by atoms with Crippen LogP contribution in [0, 0.1) is 13.8 Å². The van der Waals surface area contributed by atoms with Gasteiger partial charge in [0.2, 0.25) is 0 Å². The Morgan fingerprint density at radius 2 is 1.96 bits per heavy atom. The number of likely N-dealkylation sites (N-methyl/N-ethyl adjacent to an activating group) is 1. The van der Waals surface area contributed by atoms with Crippen LogP contribution >= 0.6 is 0 Å². The van der Waals surface area contributed by atoms with Crippen LogP contribution in [0.15, 0.2) is 22.7 Å². The van der Waals surface area contributed by atoms with Crippen molar-refractivity contribution in [2.24, 2.45) is 0 Å². The molecule has 3 heterocycles. The van der Waals surface area contributed by atoms with Gasteiger partial charge in [-0.05, 0) is 38.6 Å². The summed E-state index contributed by atoms with van der Waals surface area (Å²) in [5.41, 5.74) is 5.34. The van der Waals surface area contributed by atoms with E-state index in [9.17, 15) is 0 Å². The Morgan fingerprint density at radius 1 is 1.17 bits per heavy atom. The lowest BCUT2D eigenvalue weighted by Crippen LogP contribution is -2.43. The van der Waals surface area contributed by atoms with Gasteiger partial charge in [0.25, 0.3) is 0 Å². The van der Waals surface area contributed by atoms with E-state index in [0.29, 0.717) is 0 Å². The number of nitrogens with one attached hydrogen (secondary N) is 1. The van der Waals surface area contributed by atoms with E-state index in [1.54, 1.807) is 0 Å². The minimum atomic E-state index is 0.857. The number of H-pyrrole nitrogens is 1. The van der Waals surface area contributed by atoms with Gasteiger partial charge in [0, 0.05) is 43.7 Å². The second-order valence-electron chi connectivity index (χ2n) is 6.71. The summed E-state index contributed by atoms with van der Waals surface area (Å²) < 4.78 is 5.32. The van der Waals surface area contributed by atoms with E-state index in [0.717, 1.165) is 66.5 Å². The number of aryl methyl sites for hydroxylation is 2. The minimum absolute atomic E-state index is 0.857. The molecule has 0 unspecified atom stereocenters. The highest BCUT2D eigenvalue weighted by molar-refractivity contribution is 5.87. The van der Waals surface area contributed by atoms with Crippen molar-refractivity contribution in [1.82, 2.24) is 25.2 Å². The largest absolute Gasteiger partial charge is 0.361 e. The molecule has 0 aliphatic carbocycles. The van der Waals surface area contributed by atoms with Crippen molar-refractivity contribution >= 4 is 10.9 Å². The highest BCUT2D eigenvalue weighted by atomic mass is 16.5. The highest BCUT2D eigenvalue weighted by Gasteiger charge is 2.18. The van der Waals surface area contributed by atoms with Gasteiger partial charge in [-0.1, -0.05) is 11.2 Å². The van der Waals surface area contributed by atoms with Gasteiger partial charge in [0.1, 0.15) is 5.76 Å². The van der Waals surface area contributed by atoms with E-state index in [4.69, 9.17) is 4.52 Å². The number of fused-ring (bicyclic) bond motifs is 1. The maximum atomic E-state index is 5.32. The van der Waals surface area contributed by atoms with E-state index in [2.05, 4.69) is 50.4 Å². The Balaban J connectivity index is 1.66. The van der Waals surface area contributed by atoms with Crippen LogP contribution < -0.4 is 0 Å². The van der Waals surface area contributed by atoms with Gasteiger partial charge >= 0.3 is 0 Å². The summed E-state index contributed by atoms with van der Waals surface area (Å²) in [6.07, 6.45) is 0. The second-order valence-corrected chi connectivity index (χ2v) is 6.71. The average Bonchev–Trinajstić information content (AvgIpc) is 3.13. The summed E-state index contributed by atoms with van der Waals surface area (Å²) in [6, 6.07) is 6.40. The first-order chi connectivity index (χ1) is 11.6. The topological polar surface area (TPSA) is 61.2 Å². The molecule has 2 aromatic heterocycles.